The maximum Gasteiger partial charge on any atom is 0.311 e. The number of amides is 2. The Labute approximate surface area is 228 Å². The number of benzene rings is 2. The number of alkyl halides is 1. The van der Waals surface area contributed by atoms with Gasteiger partial charge in [0, 0.05) is 28.9 Å². The van der Waals surface area contributed by atoms with E-state index < -0.39 is 28.6 Å². The third-order valence-corrected chi connectivity index (χ3v) is 10.8. The first-order chi connectivity index (χ1) is 17.9. The number of ether oxygens (including phenoxy) is 1. The molecule has 2 aromatic carbocycles. The van der Waals surface area contributed by atoms with Crippen molar-refractivity contribution in [3.63, 3.8) is 0 Å². The topological polar surface area (TPSA) is 87.1 Å². The Morgan fingerprint density at radius 3 is 2.68 bits per heavy atom. The van der Waals surface area contributed by atoms with Crippen molar-refractivity contribution in [2.45, 2.75) is 27.3 Å². The Balaban J connectivity index is 1.57. The van der Waals surface area contributed by atoms with Gasteiger partial charge in [-0.15, -0.1) is 18.3 Å². The van der Waals surface area contributed by atoms with Crippen LogP contribution in [0.25, 0.3) is 10.8 Å². The second-order valence-electron chi connectivity index (χ2n) is 9.61. The van der Waals surface area contributed by atoms with Gasteiger partial charge in [-0.05, 0) is 29.3 Å². The molecule has 3 fully saturated rings. The van der Waals surface area contributed by atoms with Gasteiger partial charge < -0.3 is 19.6 Å². The average Bonchev–Trinajstić information content (AvgIpc) is 3.49. The molecule has 1 spiro atoms. The van der Waals surface area contributed by atoms with Crippen LogP contribution in [0.15, 0.2) is 67.8 Å². The molecular formula is C28H29BrN2O5S. The van der Waals surface area contributed by atoms with E-state index in [9.17, 15) is 19.5 Å². The van der Waals surface area contributed by atoms with Crippen molar-refractivity contribution in [3.05, 3.63) is 67.8 Å². The number of thioether (sulfide) groups is 1. The Morgan fingerprint density at radius 2 is 1.97 bits per heavy atom. The first-order valence-electron chi connectivity index (χ1n) is 12.3. The Morgan fingerprint density at radius 1 is 1.22 bits per heavy atom. The van der Waals surface area contributed by atoms with Crippen molar-refractivity contribution in [3.8, 4) is 0 Å². The highest BCUT2D eigenvalue weighted by Crippen LogP contribution is 2.68. The number of fused-ring (bicyclic) bond motifs is 2. The summed E-state index contributed by atoms with van der Waals surface area (Å²) < 4.78 is 4.59. The number of nitrogens with zero attached hydrogens (tertiary/aromatic N) is 2. The molecule has 37 heavy (non-hydrogen) atoms. The van der Waals surface area contributed by atoms with Crippen molar-refractivity contribution in [2.24, 2.45) is 11.8 Å². The van der Waals surface area contributed by atoms with E-state index >= 15 is 0 Å². The zero-order valence-corrected chi connectivity index (χ0v) is 22.7. The van der Waals surface area contributed by atoms with Crippen LogP contribution in [0.4, 0.5) is 5.69 Å². The number of esters is 1. The highest BCUT2D eigenvalue weighted by Gasteiger charge is 2.76. The lowest BCUT2D eigenvalue weighted by atomic mass is 9.71. The van der Waals surface area contributed by atoms with Crippen molar-refractivity contribution in [2.75, 3.05) is 31.2 Å². The van der Waals surface area contributed by atoms with Crippen LogP contribution < -0.4 is 4.90 Å². The second kappa shape index (κ2) is 10.3. The van der Waals surface area contributed by atoms with Gasteiger partial charge in [-0.1, -0.05) is 65.0 Å². The van der Waals surface area contributed by atoms with Gasteiger partial charge in [0.2, 0.25) is 5.91 Å². The minimum atomic E-state index is -0.837. The molecule has 9 heteroatoms. The molecule has 3 aliphatic rings. The summed E-state index contributed by atoms with van der Waals surface area (Å²) in [5, 5.41) is 11.7. The second-order valence-corrected chi connectivity index (χ2v) is 12.3. The van der Waals surface area contributed by atoms with Crippen molar-refractivity contribution < 1.29 is 24.2 Å². The maximum absolute atomic E-state index is 14.4. The number of β-amino-alcohol motifs (C(OH)–C–C–N with tert-alkyl or cyclic N) is 1. The molecule has 0 aromatic heterocycles. The molecule has 1 N–H and O–H groups in total. The molecule has 7 nitrogen and oxygen atoms in total. The quantitative estimate of drug-likeness (QED) is 0.275. The van der Waals surface area contributed by atoms with Gasteiger partial charge in [0.25, 0.3) is 5.91 Å². The van der Waals surface area contributed by atoms with Gasteiger partial charge in [-0.25, -0.2) is 0 Å². The Bertz CT molecular complexity index is 1270. The van der Waals surface area contributed by atoms with E-state index in [2.05, 4.69) is 29.1 Å². The van der Waals surface area contributed by atoms with E-state index in [4.69, 9.17) is 4.74 Å². The monoisotopic (exact) mass is 584 g/mol. The first-order valence-corrected chi connectivity index (χ1v) is 14.1. The average molecular weight is 586 g/mol. The summed E-state index contributed by atoms with van der Waals surface area (Å²) in [7, 11) is 0. The van der Waals surface area contributed by atoms with Crippen LogP contribution >= 0.6 is 27.7 Å². The van der Waals surface area contributed by atoms with Gasteiger partial charge in [0.1, 0.15) is 12.6 Å². The summed E-state index contributed by atoms with van der Waals surface area (Å²) in [6.07, 6.45) is 3.72. The number of hydrogen-bond acceptors (Lipinski definition) is 6. The lowest BCUT2D eigenvalue weighted by Gasteiger charge is -2.37. The minimum absolute atomic E-state index is 0.0136. The molecule has 0 saturated carbocycles. The number of rotatable bonds is 9. The van der Waals surface area contributed by atoms with E-state index in [0.29, 0.717) is 12.1 Å². The largest absolute Gasteiger partial charge is 0.461 e. The number of carbonyl (C=O) groups is 3. The molecule has 0 aliphatic carbocycles. The number of aliphatic hydroxyl groups excluding tert-OH is 1. The summed E-state index contributed by atoms with van der Waals surface area (Å²) in [5.41, 5.74) is 0.703. The lowest BCUT2D eigenvalue weighted by molar-refractivity contribution is -0.153. The van der Waals surface area contributed by atoms with Gasteiger partial charge in [-0.3, -0.25) is 14.4 Å². The molecule has 2 amide bonds. The van der Waals surface area contributed by atoms with Crippen LogP contribution in [0.5, 0.6) is 0 Å². The molecule has 0 radical (unpaired) electrons. The highest BCUT2D eigenvalue weighted by molar-refractivity contribution is 9.09. The molecule has 3 aliphatic heterocycles. The van der Waals surface area contributed by atoms with E-state index in [0.717, 1.165) is 10.8 Å². The van der Waals surface area contributed by atoms with E-state index in [-0.39, 0.29) is 48.2 Å². The first kappa shape index (κ1) is 26.0. The summed E-state index contributed by atoms with van der Waals surface area (Å²) >= 11 is 5.27. The number of halogens is 1. The molecule has 3 saturated heterocycles. The molecule has 3 unspecified atom stereocenters. The lowest BCUT2D eigenvalue weighted by Crippen LogP contribution is -2.56. The number of anilines is 1. The van der Waals surface area contributed by atoms with Crippen LogP contribution in [-0.2, 0) is 19.1 Å². The predicted octanol–water partition coefficient (Wildman–Crippen LogP) is 3.54. The zero-order chi connectivity index (χ0) is 26.3. The van der Waals surface area contributed by atoms with Crippen molar-refractivity contribution in [1.82, 2.24) is 4.90 Å². The van der Waals surface area contributed by atoms with Crippen LogP contribution in [0.1, 0.15) is 6.42 Å². The molecule has 194 valence electrons. The van der Waals surface area contributed by atoms with Crippen LogP contribution in [-0.4, -0.2) is 75.0 Å². The predicted molar refractivity (Wildman–Crippen MR) is 149 cm³/mol. The zero-order valence-electron chi connectivity index (χ0n) is 20.3. The molecule has 2 bridgehead atoms. The summed E-state index contributed by atoms with van der Waals surface area (Å²) in [6.45, 7) is 7.51. The van der Waals surface area contributed by atoms with Gasteiger partial charge in [0.05, 0.1) is 23.2 Å². The van der Waals surface area contributed by atoms with E-state index in [1.165, 1.54) is 22.7 Å². The number of hydrogen-bond donors (Lipinski definition) is 1. The fourth-order valence-electron chi connectivity index (χ4n) is 6.21. The summed E-state index contributed by atoms with van der Waals surface area (Å²) in [5.74, 6) is -2.34. The Kier molecular flexibility index (Phi) is 7.22. The smallest absolute Gasteiger partial charge is 0.311 e. The SMILES string of the molecule is C=CCOC(=O)[C@H]1[C@H]2C(=O)N(CCO)C(C(=O)N(CC=C)c3ccc4ccccc4c3)C23CC(Br)[C@@H]1S3. The van der Waals surface area contributed by atoms with Gasteiger partial charge >= 0.3 is 5.97 Å². The minimum Gasteiger partial charge on any atom is -0.461 e. The Hall–Kier alpha value is -2.62. The molecular weight excluding hydrogens is 556 g/mol. The third kappa shape index (κ3) is 4.11. The standard InChI is InChI=1S/C28H29BrN2O5S/c1-3-11-30(19-10-9-17-7-5-6-8-18(17)15-19)26(34)24-28-16-20(29)23(37-28)21(27(35)36-14-4-2)22(28)25(33)31(24)12-13-32/h3-10,15,20-24,32H,1-2,11-14,16H2/t20?,21-,22-,23-,24?,28?/m0/s1. The van der Waals surface area contributed by atoms with Crippen LogP contribution in [0, 0.1) is 11.8 Å². The van der Waals surface area contributed by atoms with E-state index in [1.807, 2.05) is 42.5 Å². The van der Waals surface area contributed by atoms with Gasteiger partial charge in [0.15, 0.2) is 0 Å². The van der Waals surface area contributed by atoms with Crippen molar-refractivity contribution in [1.29, 1.82) is 0 Å². The summed E-state index contributed by atoms with van der Waals surface area (Å²) in [4.78, 5) is 44.4. The van der Waals surface area contributed by atoms with Crippen LogP contribution in [0.3, 0.4) is 0 Å². The third-order valence-electron chi connectivity index (χ3n) is 7.60. The van der Waals surface area contributed by atoms with E-state index in [1.54, 1.807) is 11.0 Å². The maximum atomic E-state index is 14.4. The van der Waals surface area contributed by atoms with Gasteiger partial charge in [-0.2, -0.15) is 0 Å². The molecule has 3 heterocycles. The van der Waals surface area contributed by atoms with Crippen LogP contribution in [0.2, 0.25) is 0 Å². The molecule has 2 aromatic rings. The number of aliphatic hydroxyl groups is 1. The summed E-state index contributed by atoms with van der Waals surface area (Å²) in [6, 6.07) is 12.9. The van der Waals surface area contributed by atoms with Crippen molar-refractivity contribution >= 4 is 61.9 Å². The highest BCUT2D eigenvalue weighted by atomic mass is 79.9. The fourth-order valence-corrected chi connectivity index (χ4v) is 9.80. The number of likely N-dealkylation sites (tertiary alicyclic amines) is 1. The normalized spacial score (nSPS) is 29.8. The number of carbonyl (C=O) groups excluding carboxylic acids is 3. The molecule has 5 rings (SSSR count). The molecule has 6 atom stereocenters. The fraction of sp³-hybridized carbons (Fsp3) is 0.393.